The number of hydrogen-bond acceptors (Lipinski definition) is 5. The first-order valence-electron chi connectivity index (χ1n) is 6.51. The lowest BCUT2D eigenvalue weighted by Gasteiger charge is -2.39. The highest BCUT2D eigenvalue weighted by Gasteiger charge is 2.41. The fourth-order valence-electron chi connectivity index (χ4n) is 2.20. The third kappa shape index (κ3) is 5.46. The van der Waals surface area contributed by atoms with Crippen LogP contribution in [-0.2, 0) is 14.3 Å². The van der Waals surface area contributed by atoms with E-state index in [1.54, 1.807) is 20.8 Å². The minimum Gasteiger partial charge on any atom is -0.444 e. The number of hydrogen-bond donors (Lipinski definition) is 2. The Balaban J connectivity index is 2.74. The van der Waals surface area contributed by atoms with Crippen molar-refractivity contribution < 1.29 is 24.2 Å². The van der Waals surface area contributed by atoms with Crippen molar-refractivity contribution in [2.24, 2.45) is 0 Å². The molecule has 0 heterocycles. The predicted molar refractivity (Wildman–Crippen MR) is 68.3 cm³/mol. The second-order valence-corrected chi connectivity index (χ2v) is 5.97. The molecule has 1 saturated carbocycles. The second kappa shape index (κ2) is 5.77. The summed E-state index contributed by atoms with van der Waals surface area (Å²) in [5.41, 5.74) is -1.79. The van der Waals surface area contributed by atoms with Gasteiger partial charge in [0.1, 0.15) is 5.60 Å². The van der Waals surface area contributed by atoms with E-state index < -0.39 is 29.5 Å². The van der Waals surface area contributed by atoms with Gasteiger partial charge in [0.25, 0.3) is 0 Å². The van der Waals surface area contributed by atoms with E-state index in [1.807, 2.05) is 0 Å². The predicted octanol–water partition coefficient (Wildman–Crippen LogP) is 1.71. The van der Waals surface area contributed by atoms with Crippen molar-refractivity contribution in [3.63, 3.8) is 0 Å². The van der Waals surface area contributed by atoms with Gasteiger partial charge in [-0.2, -0.15) is 0 Å². The van der Waals surface area contributed by atoms with Gasteiger partial charge >= 0.3 is 12.1 Å². The number of amides is 1. The highest BCUT2D eigenvalue weighted by Crippen LogP contribution is 2.30. The van der Waals surface area contributed by atoms with E-state index in [-0.39, 0.29) is 6.42 Å². The molecule has 19 heavy (non-hydrogen) atoms. The number of ether oxygens (including phenoxy) is 2. The highest BCUT2D eigenvalue weighted by molar-refractivity contribution is 5.70. The summed E-state index contributed by atoms with van der Waals surface area (Å²) in [6.07, 6.45) is 0.726. The normalized spacial score (nSPS) is 27.5. The van der Waals surface area contributed by atoms with E-state index in [1.165, 1.54) is 6.92 Å². The molecule has 1 aliphatic carbocycles. The SMILES string of the molecule is CC(=O)OC1(NC(=O)OC(C)(C)C)CCCC(O)C1. The van der Waals surface area contributed by atoms with E-state index in [0.717, 1.165) is 0 Å². The zero-order valence-corrected chi connectivity index (χ0v) is 12.0. The van der Waals surface area contributed by atoms with Crippen LogP contribution in [0.15, 0.2) is 0 Å². The van der Waals surface area contributed by atoms with Crippen molar-refractivity contribution in [3.05, 3.63) is 0 Å². The molecule has 0 spiro atoms. The zero-order valence-electron chi connectivity index (χ0n) is 12.0. The Morgan fingerprint density at radius 3 is 2.47 bits per heavy atom. The molecule has 0 bridgehead atoms. The van der Waals surface area contributed by atoms with Gasteiger partial charge in [0.15, 0.2) is 5.72 Å². The number of carbonyl (C=O) groups excluding carboxylic acids is 2. The minimum atomic E-state index is -1.16. The lowest BCUT2D eigenvalue weighted by Crippen LogP contribution is -2.56. The molecule has 1 rings (SSSR count). The standard InChI is InChI=1S/C13H23NO5/c1-9(15)18-13(7-5-6-10(16)8-13)14-11(17)19-12(2,3)4/h10,16H,5-8H2,1-4H3,(H,14,17). The van der Waals surface area contributed by atoms with Gasteiger partial charge in [0, 0.05) is 19.8 Å². The van der Waals surface area contributed by atoms with Crippen LogP contribution in [0.3, 0.4) is 0 Å². The molecule has 0 radical (unpaired) electrons. The number of aliphatic hydroxyl groups is 1. The molecular formula is C13H23NO5. The van der Waals surface area contributed by atoms with Crippen LogP contribution in [0.4, 0.5) is 4.79 Å². The first-order chi connectivity index (χ1) is 8.62. The van der Waals surface area contributed by atoms with Gasteiger partial charge in [-0.1, -0.05) is 0 Å². The van der Waals surface area contributed by atoms with Gasteiger partial charge in [0.2, 0.25) is 0 Å². The van der Waals surface area contributed by atoms with Gasteiger partial charge in [-0.15, -0.1) is 0 Å². The molecule has 6 nitrogen and oxygen atoms in total. The quantitative estimate of drug-likeness (QED) is 0.591. The molecule has 1 aliphatic rings. The van der Waals surface area contributed by atoms with E-state index in [0.29, 0.717) is 19.3 Å². The number of esters is 1. The lowest BCUT2D eigenvalue weighted by molar-refractivity contribution is -0.168. The molecule has 1 fully saturated rings. The molecule has 0 aromatic heterocycles. The molecule has 0 aliphatic heterocycles. The Bertz CT molecular complexity index is 349. The summed E-state index contributed by atoms with van der Waals surface area (Å²) in [5, 5.41) is 12.3. The summed E-state index contributed by atoms with van der Waals surface area (Å²) < 4.78 is 10.4. The average Bonchev–Trinajstić information content (AvgIpc) is 2.11. The third-order valence-corrected chi connectivity index (χ3v) is 2.75. The first-order valence-corrected chi connectivity index (χ1v) is 6.51. The number of aliphatic hydroxyl groups excluding tert-OH is 1. The molecule has 2 N–H and O–H groups in total. The fraction of sp³-hybridized carbons (Fsp3) is 0.846. The summed E-state index contributed by atoms with van der Waals surface area (Å²) in [4.78, 5) is 23.0. The van der Waals surface area contributed by atoms with Crippen LogP contribution in [-0.4, -0.2) is 34.6 Å². The van der Waals surface area contributed by atoms with E-state index in [4.69, 9.17) is 9.47 Å². The van der Waals surface area contributed by atoms with Crippen LogP contribution >= 0.6 is 0 Å². The molecule has 2 atom stereocenters. The molecule has 0 saturated heterocycles. The number of nitrogens with one attached hydrogen (secondary N) is 1. The highest BCUT2D eigenvalue weighted by atomic mass is 16.6. The molecule has 110 valence electrons. The van der Waals surface area contributed by atoms with Crippen molar-refractivity contribution in [2.45, 2.75) is 70.8 Å². The third-order valence-electron chi connectivity index (χ3n) is 2.75. The average molecular weight is 273 g/mol. The zero-order chi connectivity index (χ0) is 14.7. The largest absolute Gasteiger partial charge is 0.444 e. The summed E-state index contributed by atoms with van der Waals surface area (Å²) in [6, 6.07) is 0. The van der Waals surface area contributed by atoms with Gasteiger partial charge in [-0.3, -0.25) is 10.1 Å². The molecule has 6 heteroatoms. The van der Waals surface area contributed by atoms with Crippen molar-refractivity contribution >= 4 is 12.1 Å². The molecule has 0 aromatic rings. The fourth-order valence-corrected chi connectivity index (χ4v) is 2.20. The number of rotatable bonds is 2. The van der Waals surface area contributed by atoms with Crippen LogP contribution in [0.5, 0.6) is 0 Å². The second-order valence-electron chi connectivity index (χ2n) is 5.97. The van der Waals surface area contributed by atoms with Gasteiger partial charge in [0.05, 0.1) is 6.10 Å². The monoisotopic (exact) mass is 273 g/mol. The molecular weight excluding hydrogens is 250 g/mol. The summed E-state index contributed by atoms with van der Waals surface area (Å²) in [6.45, 7) is 6.53. The number of carbonyl (C=O) groups is 2. The maximum Gasteiger partial charge on any atom is 0.410 e. The van der Waals surface area contributed by atoms with Gasteiger partial charge in [-0.05, 0) is 33.6 Å². The summed E-state index contributed by atoms with van der Waals surface area (Å²) in [5.74, 6) is -0.495. The first kappa shape index (κ1) is 15.8. The Hall–Kier alpha value is -1.30. The Morgan fingerprint density at radius 1 is 1.37 bits per heavy atom. The van der Waals surface area contributed by atoms with Crippen molar-refractivity contribution in [2.75, 3.05) is 0 Å². The van der Waals surface area contributed by atoms with Gasteiger partial charge < -0.3 is 14.6 Å². The van der Waals surface area contributed by atoms with Crippen LogP contribution in [0.25, 0.3) is 0 Å². The number of alkyl carbamates (subject to hydrolysis) is 1. The van der Waals surface area contributed by atoms with Crippen LogP contribution in [0.1, 0.15) is 53.4 Å². The Morgan fingerprint density at radius 2 is 2.00 bits per heavy atom. The van der Waals surface area contributed by atoms with Crippen LogP contribution < -0.4 is 5.32 Å². The molecule has 2 unspecified atom stereocenters. The minimum absolute atomic E-state index is 0.186. The maximum absolute atomic E-state index is 11.8. The molecule has 1 amide bonds. The lowest BCUT2D eigenvalue weighted by atomic mass is 9.89. The smallest absolute Gasteiger partial charge is 0.410 e. The van der Waals surface area contributed by atoms with E-state index >= 15 is 0 Å². The Kier molecular flexibility index (Phi) is 4.79. The Labute approximate surface area is 113 Å². The summed E-state index contributed by atoms with van der Waals surface area (Å²) in [7, 11) is 0. The summed E-state index contributed by atoms with van der Waals surface area (Å²) >= 11 is 0. The van der Waals surface area contributed by atoms with Crippen LogP contribution in [0, 0.1) is 0 Å². The van der Waals surface area contributed by atoms with Crippen molar-refractivity contribution in [1.82, 2.24) is 5.32 Å². The molecule has 0 aromatic carbocycles. The topological polar surface area (TPSA) is 84.9 Å². The van der Waals surface area contributed by atoms with E-state index in [9.17, 15) is 14.7 Å². The van der Waals surface area contributed by atoms with E-state index in [2.05, 4.69) is 5.32 Å². The van der Waals surface area contributed by atoms with Crippen molar-refractivity contribution in [1.29, 1.82) is 0 Å². The van der Waals surface area contributed by atoms with Crippen LogP contribution in [0.2, 0.25) is 0 Å². The van der Waals surface area contributed by atoms with Crippen molar-refractivity contribution in [3.8, 4) is 0 Å². The van der Waals surface area contributed by atoms with Gasteiger partial charge in [-0.25, -0.2) is 4.79 Å². The maximum atomic E-state index is 11.8.